The lowest BCUT2D eigenvalue weighted by Crippen LogP contribution is -2.26. The molecule has 0 bridgehead atoms. The lowest BCUT2D eigenvalue weighted by molar-refractivity contribution is -0.121. The number of para-hydroxylation sites is 1. The molecule has 1 saturated heterocycles. The molecule has 0 radical (unpaired) electrons. The van der Waals surface area contributed by atoms with Crippen molar-refractivity contribution < 1.29 is 9.53 Å². The molecule has 1 aliphatic heterocycles. The van der Waals surface area contributed by atoms with Crippen LogP contribution in [0, 0.1) is 0 Å². The Kier molecular flexibility index (Phi) is 7.26. The van der Waals surface area contributed by atoms with E-state index in [9.17, 15) is 4.79 Å². The third-order valence-corrected chi connectivity index (χ3v) is 7.82. The molecule has 3 rings (SSSR count). The summed E-state index contributed by atoms with van der Waals surface area (Å²) >= 11 is 7.10. The van der Waals surface area contributed by atoms with E-state index < -0.39 is 0 Å². The number of nitrogens with zero attached hydrogens (tertiary/aromatic N) is 1. The topological polar surface area (TPSA) is 50.7 Å². The zero-order chi connectivity index (χ0) is 19.1. The van der Waals surface area contributed by atoms with Crippen molar-refractivity contribution in [2.24, 2.45) is 5.10 Å². The Balaban J connectivity index is 1.55. The van der Waals surface area contributed by atoms with E-state index in [0.717, 1.165) is 32.9 Å². The predicted molar refractivity (Wildman–Crippen MR) is 119 cm³/mol. The summed E-state index contributed by atoms with van der Waals surface area (Å²) in [5, 5.41) is 4.11. The van der Waals surface area contributed by atoms with E-state index in [2.05, 4.69) is 33.4 Å². The molecule has 1 heterocycles. The largest absolute Gasteiger partial charge is 0.488 e. The summed E-state index contributed by atoms with van der Waals surface area (Å²) in [6, 6.07) is 15.7. The molecule has 7 heteroatoms. The fourth-order valence-corrected chi connectivity index (χ4v) is 5.72. The van der Waals surface area contributed by atoms with Gasteiger partial charge in [-0.3, -0.25) is 4.79 Å². The van der Waals surface area contributed by atoms with Gasteiger partial charge in [-0.25, -0.2) is 5.43 Å². The molecule has 2 aromatic carbocycles. The highest BCUT2D eigenvalue weighted by Gasteiger charge is 2.32. The number of thioether (sulfide) groups is 2. The van der Waals surface area contributed by atoms with E-state index in [4.69, 9.17) is 4.74 Å². The Morgan fingerprint density at radius 2 is 1.93 bits per heavy atom. The zero-order valence-corrected chi connectivity index (χ0v) is 18.2. The maximum Gasteiger partial charge on any atom is 0.242 e. The van der Waals surface area contributed by atoms with E-state index in [0.29, 0.717) is 13.0 Å². The summed E-state index contributed by atoms with van der Waals surface area (Å²) < 4.78 is 6.92. The Morgan fingerprint density at radius 1 is 1.22 bits per heavy atom. The van der Waals surface area contributed by atoms with Crippen LogP contribution in [0.25, 0.3) is 0 Å². The van der Waals surface area contributed by atoms with Crippen LogP contribution in [0.4, 0.5) is 0 Å². The van der Waals surface area contributed by atoms with Crippen LogP contribution in [-0.4, -0.2) is 27.7 Å². The van der Waals surface area contributed by atoms with Gasteiger partial charge in [-0.15, -0.1) is 23.5 Å². The second-order valence-corrected chi connectivity index (χ2v) is 10.6. The van der Waals surface area contributed by atoms with Crippen molar-refractivity contribution >= 4 is 51.6 Å². The number of amides is 1. The van der Waals surface area contributed by atoms with Crippen LogP contribution in [0.2, 0.25) is 0 Å². The Bertz CT molecular complexity index is 806. The Morgan fingerprint density at radius 3 is 2.67 bits per heavy atom. The molecule has 0 aliphatic carbocycles. The number of carbonyl (C=O) groups is 1. The first-order valence-electron chi connectivity index (χ1n) is 8.60. The molecule has 1 N–H and O–H groups in total. The third kappa shape index (κ3) is 6.30. The third-order valence-electron chi connectivity index (χ3n) is 4.00. The monoisotopic (exact) mass is 464 g/mol. The van der Waals surface area contributed by atoms with Crippen LogP contribution in [0.15, 0.2) is 58.1 Å². The Labute approximate surface area is 176 Å². The lowest BCUT2D eigenvalue weighted by Gasteiger charge is -2.19. The maximum absolute atomic E-state index is 12.1. The average Bonchev–Trinajstić information content (AvgIpc) is 3.08. The SMILES string of the molecule is CC1(CC(=O)N/N=C\c2ccccc2OCc2ccc(Br)cc2)SCCS1. The lowest BCUT2D eigenvalue weighted by atomic mass is 10.2. The van der Waals surface area contributed by atoms with Crippen LogP contribution >= 0.6 is 39.5 Å². The van der Waals surface area contributed by atoms with Crippen molar-refractivity contribution in [3.05, 3.63) is 64.1 Å². The van der Waals surface area contributed by atoms with Gasteiger partial charge in [0.1, 0.15) is 12.4 Å². The summed E-state index contributed by atoms with van der Waals surface area (Å²) in [4.78, 5) is 12.1. The number of hydrogen-bond acceptors (Lipinski definition) is 5. The molecule has 142 valence electrons. The van der Waals surface area contributed by atoms with E-state index in [1.54, 1.807) is 6.21 Å². The number of nitrogens with one attached hydrogen (secondary N) is 1. The molecule has 1 aliphatic rings. The Hall–Kier alpha value is -1.44. The molecule has 0 aromatic heterocycles. The number of rotatable bonds is 7. The summed E-state index contributed by atoms with van der Waals surface area (Å²) in [5.74, 6) is 2.86. The minimum atomic E-state index is -0.0658. The van der Waals surface area contributed by atoms with Gasteiger partial charge in [-0.1, -0.05) is 40.2 Å². The molecule has 1 amide bonds. The van der Waals surface area contributed by atoms with Crippen LogP contribution < -0.4 is 10.2 Å². The number of halogens is 1. The molecule has 2 aromatic rings. The van der Waals surface area contributed by atoms with Crippen molar-refractivity contribution in [2.45, 2.75) is 24.0 Å². The zero-order valence-electron chi connectivity index (χ0n) is 15.0. The van der Waals surface area contributed by atoms with Crippen molar-refractivity contribution in [1.82, 2.24) is 5.43 Å². The van der Waals surface area contributed by atoms with Gasteiger partial charge in [-0.2, -0.15) is 5.10 Å². The highest BCUT2D eigenvalue weighted by Crippen LogP contribution is 2.45. The fourth-order valence-electron chi connectivity index (χ4n) is 2.62. The van der Waals surface area contributed by atoms with Crippen molar-refractivity contribution in [3.8, 4) is 5.75 Å². The van der Waals surface area contributed by atoms with Gasteiger partial charge in [0, 0.05) is 21.5 Å². The maximum atomic E-state index is 12.1. The van der Waals surface area contributed by atoms with E-state index >= 15 is 0 Å². The molecule has 27 heavy (non-hydrogen) atoms. The smallest absolute Gasteiger partial charge is 0.242 e. The van der Waals surface area contributed by atoms with Crippen molar-refractivity contribution in [2.75, 3.05) is 11.5 Å². The highest BCUT2D eigenvalue weighted by molar-refractivity contribution is 9.10. The van der Waals surface area contributed by atoms with E-state index in [1.807, 2.05) is 72.1 Å². The van der Waals surface area contributed by atoms with Crippen LogP contribution in [0.3, 0.4) is 0 Å². The van der Waals surface area contributed by atoms with Gasteiger partial charge in [0.2, 0.25) is 5.91 Å². The molecular weight excluding hydrogens is 444 g/mol. The number of ether oxygens (including phenoxy) is 1. The molecule has 0 atom stereocenters. The summed E-state index contributed by atoms with van der Waals surface area (Å²) in [6.45, 7) is 2.58. The second kappa shape index (κ2) is 9.66. The first-order chi connectivity index (χ1) is 13.0. The fraction of sp³-hybridized carbons (Fsp3) is 0.300. The standard InChI is InChI=1S/C20H21BrN2O2S2/c1-20(26-10-11-27-20)12-19(24)23-22-13-16-4-2-3-5-18(16)25-14-15-6-8-17(21)9-7-15/h2-9,13H,10-12,14H2,1H3,(H,23,24)/b22-13-. The highest BCUT2D eigenvalue weighted by atomic mass is 79.9. The van der Waals surface area contributed by atoms with Gasteiger partial charge in [0.15, 0.2) is 0 Å². The minimum Gasteiger partial charge on any atom is -0.488 e. The average molecular weight is 465 g/mol. The molecule has 1 fully saturated rings. The molecule has 0 spiro atoms. The van der Waals surface area contributed by atoms with Crippen LogP contribution in [-0.2, 0) is 11.4 Å². The molecule has 4 nitrogen and oxygen atoms in total. The first kappa shape index (κ1) is 20.3. The van der Waals surface area contributed by atoms with Gasteiger partial charge in [-0.05, 0) is 36.8 Å². The minimum absolute atomic E-state index is 0.0364. The number of hydrazone groups is 1. The number of carbonyl (C=O) groups excluding carboxylic acids is 1. The van der Waals surface area contributed by atoms with Gasteiger partial charge in [0.25, 0.3) is 0 Å². The van der Waals surface area contributed by atoms with Gasteiger partial charge < -0.3 is 4.74 Å². The van der Waals surface area contributed by atoms with E-state index in [-0.39, 0.29) is 9.99 Å². The predicted octanol–water partition coefficient (Wildman–Crippen LogP) is 5.06. The van der Waals surface area contributed by atoms with Gasteiger partial charge >= 0.3 is 0 Å². The normalized spacial score (nSPS) is 15.8. The van der Waals surface area contributed by atoms with Crippen LogP contribution in [0.1, 0.15) is 24.5 Å². The second-order valence-electron chi connectivity index (χ2n) is 6.25. The quantitative estimate of drug-likeness (QED) is 0.459. The number of hydrogen-bond donors (Lipinski definition) is 1. The summed E-state index contributed by atoms with van der Waals surface area (Å²) in [6.07, 6.45) is 2.09. The van der Waals surface area contributed by atoms with Crippen molar-refractivity contribution in [3.63, 3.8) is 0 Å². The van der Waals surface area contributed by atoms with Crippen molar-refractivity contribution in [1.29, 1.82) is 0 Å². The summed E-state index contributed by atoms with van der Waals surface area (Å²) in [5.41, 5.74) is 4.54. The summed E-state index contributed by atoms with van der Waals surface area (Å²) in [7, 11) is 0. The number of benzene rings is 2. The van der Waals surface area contributed by atoms with Gasteiger partial charge in [0.05, 0.1) is 16.7 Å². The van der Waals surface area contributed by atoms with Crippen LogP contribution in [0.5, 0.6) is 5.75 Å². The molecule has 0 unspecified atom stereocenters. The molecular formula is C20H21BrN2O2S2. The first-order valence-corrected chi connectivity index (χ1v) is 11.4. The van der Waals surface area contributed by atoms with E-state index in [1.165, 1.54) is 0 Å². The molecule has 0 saturated carbocycles.